The quantitative estimate of drug-likeness (QED) is 0.663. The first-order chi connectivity index (χ1) is 6.36. The van der Waals surface area contributed by atoms with Crippen LogP contribution in [0.3, 0.4) is 0 Å². The molecule has 0 aliphatic carbocycles. The molecule has 0 amide bonds. The summed E-state index contributed by atoms with van der Waals surface area (Å²) in [6.45, 7) is 6.26. The van der Waals surface area contributed by atoms with E-state index >= 15 is 0 Å². The van der Waals surface area contributed by atoms with Gasteiger partial charge in [-0.25, -0.2) is 0 Å². The highest BCUT2D eigenvalue weighted by atomic mass is 15.2. The van der Waals surface area contributed by atoms with Gasteiger partial charge in [0.15, 0.2) is 0 Å². The lowest BCUT2D eigenvalue weighted by atomic mass is 9.97. The monoisotopic (exact) mass is 182 g/mol. The van der Waals surface area contributed by atoms with E-state index in [2.05, 4.69) is 17.1 Å². The van der Waals surface area contributed by atoms with E-state index in [9.17, 15) is 0 Å². The molecule has 2 nitrogen and oxygen atoms in total. The van der Waals surface area contributed by atoms with E-state index in [0.29, 0.717) is 0 Å². The van der Waals surface area contributed by atoms with Gasteiger partial charge in [0.2, 0.25) is 0 Å². The van der Waals surface area contributed by atoms with Crippen LogP contribution in [0.5, 0.6) is 0 Å². The predicted octanol–water partition coefficient (Wildman–Crippen LogP) is 1.61. The summed E-state index contributed by atoms with van der Waals surface area (Å²) in [4.78, 5) is 2.72. The molecule has 1 N–H and O–H groups in total. The summed E-state index contributed by atoms with van der Waals surface area (Å²) in [7, 11) is 0. The maximum absolute atomic E-state index is 3.52. The predicted molar refractivity (Wildman–Crippen MR) is 55.9 cm³/mol. The number of nitrogens with one attached hydrogen (secondary N) is 1. The third-order valence-electron chi connectivity index (χ3n) is 3.50. The van der Waals surface area contributed by atoms with Crippen molar-refractivity contribution in [3.05, 3.63) is 0 Å². The van der Waals surface area contributed by atoms with Crippen LogP contribution in [0.1, 0.15) is 39.0 Å². The second-order valence-electron chi connectivity index (χ2n) is 4.63. The van der Waals surface area contributed by atoms with Gasteiger partial charge in [-0.05, 0) is 52.2 Å². The molecule has 0 aromatic carbocycles. The summed E-state index contributed by atoms with van der Waals surface area (Å²) >= 11 is 0. The second-order valence-corrected chi connectivity index (χ2v) is 4.63. The molecule has 0 spiro atoms. The Labute approximate surface area is 81.7 Å². The van der Waals surface area contributed by atoms with Gasteiger partial charge in [0, 0.05) is 12.1 Å². The van der Waals surface area contributed by atoms with Crippen LogP contribution in [-0.2, 0) is 0 Å². The zero-order valence-electron chi connectivity index (χ0n) is 8.76. The SMILES string of the molecule is C[C@@H]1CC(N2CCCCC2)CCN1. The van der Waals surface area contributed by atoms with Crippen LogP contribution in [0.25, 0.3) is 0 Å². The summed E-state index contributed by atoms with van der Waals surface area (Å²) in [5.41, 5.74) is 0. The summed E-state index contributed by atoms with van der Waals surface area (Å²) < 4.78 is 0. The molecule has 13 heavy (non-hydrogen) atoms. The standard InChI is InChI=1S/C11H22N2/c1-10-9-11(5-6-12-10)13-7-3-2-4-8-13/h10-12H,2-9H2,1H3/t10-,11?/m1/s1. The van der Waals surface area contributed by atoms with Crippen LogP contribution in [0.4, 0.5) is 0 Å². The fourth-order valence-corrected chi connectivity index (χ4v) is 2.72. The van der Waals surface area contributed by atoms with Crippen molar-refractivity contribution in [2.24, 2.45) is 0 Å². The van der Waals surface area contributed by atoms with Crippen molar-refractivity contribution in [2.75, 3.05) is 19.6 Å². The number of piperidine rings is 2. The highest BCUT2D eigenvalue weighted by molar-refractivity contribution is 4.83. The summed E-state index contributed by atoms with van der Waals surface area (Å²) in [6, 6.07) is 1.62. The molecule has 2 saturated heterocycles. The molecule has 2 atom stereocenters. The van der Waals surface area contributed by atoms with E-state index in [1.165, 1.54) is 51.7 Å². The van der Waals surface area contributed by atoms with Crippen molar-refractivity contribution < 1.29 is 0 Å². The van der Waals surface area contributed by atoms with Crippen molar-refractivity contribution in [1.82, 2.24) is 10.2 Å². The molecule has 0 aromatic rings. The van der Waals surface area contributed by atoms with Gasteiger partial charge in [-0.1, -0.05) is 6.42 Å². The van der Waals surface area contributed by atoms with Crippen molar-refractivity contribution in [2.45, 2.75) is 51.1 Å². The second kappa shape index (κ2) is 4.43. The fraction of sp³-hybridized carbons (Fsp3) is 1.00. The molecule has 1 unspecified atom stereocenters. The third-order valence-corrected chi connectivity index (χ3v) is 3.50. The minimum atomic E-state index is 0.737. The zero-order valence-corrected chi connectivity index (χ0v) is 8.76. The molecule has 2 rings (SSSR count). The topological polar surface area (TPSA) is 15.3 Å². The average molecular weight is 182 g/mol. The first kappa shape index (κ1) is 9.47. The molecule has 2 aliphatic rings. The normalized spacial score (nSPS) is 37.6. The van der Waals surface area contributed by atoms with Gasteiger partial charge in [0.05, 0.1) is 0 Å². The zero-order chi connectivity index (χ0) is 9.10. The van der Waals surface area contributed by atoms with Gasteiger partial charge in [-0.2, -0.15) is 0 Å². The van der Waals surface area contributed by atoms with E-state index < -0.39 is 0 Å². The molecule has 2 aliphatic heterocycles. The highest BCUT2D eigenvalue weighted by Gasteiger charge is 2.24. The number of nitrogens with zero attached hydrogens (tertiary/aromatic N) is 1. The summed E-state index contributed by atoms with van der Waals surface area (Å²) in [5.74, 6) is 0. The van der Waals surface area contributed by atoms with Crippen LogP contribution in [0, 0.1) is 0 Å². The Kier molecular flexibility index (Phi) is 3.23. The van der Waals surface area contributed by atoms with Crippen LogP contribution in [0.15, 0.2) is 0 Å². The molecule has 0 saturated carbocycles. The van der Waals surface area contributed by atoms with Crippen LogP contribution in [-0.4, -0.2) is 36.6 Å². The smallest absolute Gasteiger partial charge is 0.0122 e. The maximum Gasteiger partial charge on any atom is 0.0122 e. The first-order valence-electron chi connectivity index (χ1n) is 5.83. The largest absolute Gasteiger partial charge is 0.314 e. The molecule has 2 heterocycles. The fourth-order valence-electron chi connectivity index (χ4n) is 2.72. The van der Waals surface area contributed by atoms with Crippen LogP contribution < -0.4 is 5.32 Å². The van der Waals surface area contributed by atoms with Crippen molar-refractivity contribution in [1.29, 1.82) is 0 Å². The molecule has 0 aromatic heterocycles. The lowest BCUT2D eigenvalue weighted by molar-refractivity contribution is 0.123. The lowest BCUT2D eigenvalue weighted by Crippen LogP contribution is -2.48. The summed E-state index contributed by atoms with van der Waals surface area (Å²) in [6.07, 6.45) is 7.04. The Hall–Kier alpha value is -0.0800. The molecular formula is C11H22N2. The Morgan fingerprint density at radius 2 is 1.92 bits per heavy atom. The Morgan fingerprint density at radius 3 is 2.62 bits per heavy atom. The molecule has 2 heteroatoms. The molecule has 0 bridgehead atoms. The average Bonchev–Trinajstić information content (AvgIpc) is 2.19. The minimum Gasteiger partial charge on any atom is -0.314 e. The molecular weight excluding hydrogens is 160 g/mol. The first-order valence-corrected chi connectivity index (χ1v) is 5.83. The van der Waals surface area contributed by atoms with E-state index in [1.54, 1.807) is 0 Å². The lowest BCUT2D eigenvalue weighted by Gasteiger charge is -2.39. The highest BCUT2D eigenvalue weighted by Crippen LogP contribution is 2.19. The van der Waals surface area contributed by atoms with E-state index in [1.807, 2.05) is 0 Å². The van der Waals surface area contributed by atoms with Gasteiger partial charge in [0.1, 0.15) is 0 Å². The maximum atomic E-state index is 3.52. The molecule has 76 valence electrons. The number of likely N-dealkylation sites (tertiary alicyclic amines) is 1. The van der Waals surface area contributed by atoms with E-state index in [-0.39, 0.29) is 0 Å². The Bertz CT molecular complexity index is 152. The number of hydrogen-bond acceptors (Lipinski definition) is 2. The molecule has 0 radical (unpaired) electrons. The van der Waals surface area contributed by atoms with Crippen molar-refractivity contribution >= 4 is 0 Å². The van der Waals surface area contributed by atoms with Gasteiger partial charge < -0.3 is 10.2 Å². The summed E-state index contributed by atoms with van der Waals surface area (Å²) in [5, 5.41) is 3.52. The van der Waals surface area contributed by atoms with Crippen molar-refractivity contribution in [3.8, 4) is 0 Å². The van der Waals surface area contributed by atoms with Gasteiger partial charge in [-0.15, -0.1) is 0 Å². The Balaban J connectivity index is 1.83. The van der Waals surface area contributed by atoms with Crippen molar-refractivity contribution in [3.63, 3.8) is 0 Å². The third kappa shape index (κ3) is 2.44. The van der Waals surface area contributed by atoms with Gasteiger partial charge in [-0.3, -0.25) is 0 Å². The number of hydrogen-bond donors (Lipinski definition) is 1. The van der Waals surface area contributed by atoms with E-state index in [0.717, 1.165) is 12.1 Å². The van der Waals surface area contributed by atoms with E-state index in [4.69, 9.17) is 0 Å². The van der Waals surface area contributed by atoms with Gasteiger partial charge in [0.25, 0.3) is 0 Å². The number of rotatable bonds is 1. The van der Waals surface area contributed by atoms with Crippen LogP contribution >= 0.6 is 0 Å². The Morgan fingerprint density at radius 1 is 1.15 bits per heavy atom. The molecule has 2 fully saturated rings. The minimum absolute atomic E-state index is 0.737. The van der Waals surface area contributed by atoms with Crippen LogP contribution in [0.2, 0.25) is 0 Å². The van der Waals surface area contributed by atoms with Gasteiger partial charge >= 0.3 is 0 Å².